The van der Waals surface area contributed by atoms with E-state index in [1.165, 1.54) is 127 Å². The first kappa shape index (κ1) is 56.5. The minimum atomic E-state index is -0.0661. The largest absolute Gasteiger partial charge is 0.309 e. The summed E-state index contributed by atoms with van der Waals surface area (Å²) in [5.41, 5.74) is 22.4. The van der Waals surface area contributed by atoms with E-state index in [0.717, 1.165) is 17.1 Å². The third-order valence-electron chi connectivity index (χ3n) is 18.1. The summed E-state index contributed by atoms with van der Waals surface area (Å²) in [6.45, 7) is 41.8. The van der Waals surface area contributed by atoms with Crippen molar-refractivity contribution < 1.29 is 0 Å². The third-order valence-corrected chi connectivity index (χ3v) is 18.1. The van der Waals surface area contributed by atoms with Crippen LogP contribution in [0, 0.1) is 0 Å². The highest BCUT2D eigenvalue weighted by Crippen LogP contribution is 2.50. The molecule has 0 amide bonds. The molecule has 2 nitrogen and oxygen atoms in total. The van der Waals surface area contributed by atoms with Gasteiger partial charge in [0.15, 0.2) is 0 Å². The second kappa shape index (κ2) is 19.8. The Morgan fingerprint density at radius 1 is 0.274 bits per heavy atom. The second-order valence-corrected chi connectivity index (χ2v) is 30.4. The average Bonchev–Trinajstić information content (AvgIpc) is 1.44. The molecule has 0 saturated carbocycles. The molecule has 2 heteroatoms. The SMILES string of the molecule is CC(C)(C)c1ccc(-c2cc(C(C)(C)C)ccc2N(c2ccc(-c3ccccc3-c3cc(C(C)(C)C)cc(C(C)(C)C)c3)cc2)c2ccc3ccc4c(-n5c6ccc(C(C)(C)C)cc6c6cc(C(C)(C)C)ccc65)ccc5ccc2c3c54)cc1. The first-order valence-corrected chi connectivity index (χ1v) is 30.7. The number of benzene rings is 11. The fourth-order valence-corrected chi connectivity index (χ4v) is 12.8. The molecule has 0 bridgehead atoms. The van der Waals surface area contributed by atoms with Gasteiger partial charge in [0.05, 0.1) is 28.1 Å². The van der Waals surface area contributed by atoms with Crippen molar-refractivity contribution in [2.24, 2.45) is 0 Å². The Balaban J connectivity index is 1.09. The van der Waals surface area contributed by atoms with Crippen LogP contribution in [0.15, 0.2) is 194 Å². The van der Waals surface area contributed by atoms with E-state index in [0.29, 0.717) is 0 Å². The maximum atomic E-state index is 2.55. The van der Waals surface area contributed by atoms with Crippen LogP contribution in [0.1, 0.15) is 158 Å². The van der Waals surface area contributed by atoms with Gasteiger partial charge in [0.2, 0.25) is 0 Å². The zero-order valence-corrected chi connectivity index (χ0v) is 53.4. The van der Waals surface area contributed by atoms with Crippen LogP contribution in [0.3, 0.4) is 0 Å². The van der Waals surface area contributed by atoms with E-state index in [1.54, 1.807) is 0 Å². The Morgan fingerprint density at radius 3 is 1.20 bits per heavy atom. The topological polar surface area (TPSA) is 8.17 Å². The van der Waals surface area contributed by atoms with Crippen molar-refractivity contribution in [2.75, 3.05) is 4.90 Å². The molecule has 1 aromatic heterocycles. The highest BCUT2D eigenvalue weighted by Gasteiger charge is 2.28. The van der Waals surface area contributed by atoms with Crippen molar-refractivity contribution in [3.8, 4) is 39.1 Å². The Kier molecular flexibility index (Phi) is 13.4. The Bertz CT molecular complexity index is 4390. The van der Waals surface area contributed by atoms with Gasteiger partial charge in [-0.2, -0.15) is 0 Å². The molecule has 0 aliphatic carbocycles. The zero-order chi connectivity index (χ0) is 59.8. The lowest BCUT2D eigenvalue weighted by atomic mass is 9.78. The van der Waals surface area contributed by atoms with E-state index in [2.05, 4.69) is 328 Å². The zero-order valence-electron chi connectivity index (χ0n) is 53.4. The predicted octanol–water partition coefficient (Wildman–Crippen LogP) is 23.9. The van der Waals surface area contributed by atoms with E-state index < -0.39 is 0 Å². The summed E-state index contributed by atoms with van der Waals surface area (Å²) < 4.78 is 2.54. The standard InChI is InChI=1S/C82H86N2/c1-77(2,3)56-31-23-52(24-32-56)67-48-57(78(4,5)6)33-42-72(67)83(62-36-25-51(26-37-62)63-21-19-20-22-64(63)55-45-60(81(13,14)15)47-61(46-55)82(16,17)18)70-40-29-53-28-39-66-71(41-30-54-27-38-65(70)75(53)76(54)66)84-73-43-34-58(79(7,8)9)49-68(73)69-50-59(80(10,11)12)35-44-74(69)84/h19-50H,1-18H3. The monoisotopic (exact) mass is 1100 g/mol. The van der Waals surface area contributed by atoms with Crippen molar-refractivity contribution in [3.63, 3.8) is 0 Å². The number of anilines is 3. The smallest absolute Gasteiger partial charge is 0.0541 e. The van der Waals surface area contributed by atoms with E-state index in [9.17, 15) is 0 Å². The van der Waals surface area contributed by atoms with E-state index in [4.69, 9.17) is 0 Å². The van der Waals surface area contributed by atoms with Gasteiger partial charge in [-0.15, -0.1) is 0 Å². The predicted molar refractivity (Wildman–Crippen MR) is 368 cm³/mol. The molecule has 12 rings (SSSR count). The van der Waals surface area contributed by atoms with Crippen LogP contribution in [0.5, 0.6) is 0 Å². The van der Waals surface area contributed by atoms with Crippen LogP contribution in [0.2, 0.25) is 0 Å². The highest BCUT2D eigenvalue weighted by atomic mass is 15.1. The summed E-state index contributed by atoms with van der Waals surface area (Å²) in [6, 6.07) is 75.5. The van der Waals surface area contributed by atoms with Crippen molar-refractivity contribution in [1.29, 1.82) is 0 Å². The Hall–Kier alpha value is -7.94. The fraction of sp³-hybridized carbons (Fsp3) is 0.293. The molecule has 0 aliphatic heterocycles. The van der Waals surface area contributed by atoms with Crippen LogP contribution < -0.4 is 4.90 Å². The van der Waals surface area contributed by atoms with Crippen LogP contribution >= 0.6 is 0 Å². The van der Waals surface area contributed by atoms with Crippen LogP contribution in [0.25, 0.3) is 93.2 Å². The molecule has 0 fully saturated rings. The quantitative estimate of drug-likeness (QED) is 0.144. The molecule has 84 heavy (non-hydrogen) atoms. The maximum absolute atomic E-state index is 2.55. The molecule has 12 aromatic rings. The molecule has 0 saturated heterocycles. The number of rotatable bonds is 7. The molecule has 0 unspecified atom stereocenters. The van der Waals surface area contributed by atoms with Gasteiger partial charge >= 0.3 is 0 Å². The van der Waals surface area contributed by atoms with E-state index >= 15 is 0 Å². The molecular formula is C82H86N2. The summed E-state index contributed by atoms with van der Waals surface area (Å²) in [5, 5.41) is 10.1. The minimum absolute atomic E-state index is 0.00190. The Morgan fingerprint density at radius 2 is 0.679 bits per heavy atom. The minimum Gasteiger partial charge on any atom is -0.309 e. The number of nitrogens with zero attached hydrogens (tertiary/aromatic N) is 2. The van der Waals surface area contributed by atoms with E-state index in [1.807, 2.05) is 0 Å². The van der Waals surface area contributed by atoms with Gasteiger partial charge in [-0.1, -0.05) is 258 Å². The first-order chi connectivity index (χ1) is 39.4. The van der Waals surface area contributed by atoms with Gasteiger partial charge < -0.3 is 9.47 Å². The van der Waals surface area contributed by atoms with Gasteiger partial charge in [-0.05, 0) is 176 Å². The lowest BCUT2D eigenvalue weighted by Crippen LogP contribution is -2.16. The maximum Gasteiger partial charge on any atom is 0.0541 e. The summed E-state index contributed by atoms with van der Waals surface area (Å²) in [7, 11) is 0. The van der Waals surface area contributed by atoms with Gasteiger partial charge in [0.25, 0.3) is 0 Å². The second-order valence-electron chi connectivity index (χ2n) is 30.4. The van der Waals surface area contributed by atoms with Crippen molar-refractivity contribution in [3.05, 3.63) is 228 Å². The van der Waals surface area contributed by atoms with Crippen molar-refractivity contribution in [2.45, 2.75) is 157 Å². The van der Waals surface area contributed by atoms with Gasteiger partial charge in [0, 0.05) is 32.8 Å². The fourth-order valence-electron chi connectivity index (χ4n) is 12.8. The van der Waals surface area contributed by atoms with Crippen molar-refractivity contribution >= 4 is 71.2 Å². The van der Waals surface area contributed by atoms with Gasteiger partial charge in [0.1, 0.15) is 0 Å². The number of aromatic nitrogens is 1. The summed E-state index contributed by atoms with van der Waals surface area (Å²) in [5.74, 6) is 0. The lowest BCUT2D eigenvalue weighted by Gasteiger charge is -2.31. The normalized spacial score (nSPS) is 13.1. The van der Waals surface area contributed by atoms with Gasteiger partial charge in [-0.25, -0.2) is 0 Å². The first-order valence-electron chi connectivity index (χ1n) is 30.7. The third kappa shape index (κ3) is 10.1. The van der Waals surface area contributed by atoms with Crippen LogP contribution in [0.4, 0.5) is 17.1 Å². The lowest BCUT2D eigenvalue weighted by molar-refractivity contribution is 0.569. The molecule has 0 atom stereocenters. The molecule has 0 spiro atoms. The summed E-state index contributed by atoms with van der Waals surface area (Å²) >= 11 is 0. The summed E-state index contributed by atoms with van der Waals surface area (Å²) in [4.78, 5) is 2.55. The van der Waals surface area contributed by atoms with Crippen LogP contribution in [-0.4, -0.2) is 4.57 Å². The molecule has 424 valence electrons. The highest BCUT2D eigenvalue weighted by molar-refractivity contribution is 6.27. The molecule has 0 radical (unpaired) electrons. The summed E-state index contributed by atoms with van der Waals surface area (Å²) in [6.07, 6.45) is 0. The van der Waals surface area contributed by atoms with Crippen molar-refractivity contribution in [1.82, 2.24) is 4.57 Å². The molecule has 0 N–H and O–H groups in total. The van der Waals surface area contributed by atoms with E-state index in [-0.39, 0.29) is 32.5 Å². The average molecular weight is 1100 g/mol. The van der Waals surface area contributed by atoms with Crippen LogP contribution in [-0.2, 0) is 32.5 Å². The number of fused-ring (bicyclic) bond motifs is 3. The molecule has 1 heterocycles. The number of hydrogen-bond acceptors (Lipinski definition) is 1. The van der Waals surface area contributed by atoms with Gasteiger partial charge in [-0.3, -0.25) is 0 Å². The molecule has 0 aliphatic rings. The molecule has 11 aromatic carbocycles. The Labute approximate surface area is 501 Å². The number of hydrogen-bond donors (Lipinski definition) is 0. The molecular weight excluding hydrogens is 1010 g/mol.